The Morgan fingerprint density at radius 3 is 2.65 bits per heavy atom. The van der Waals surface area contributed by atoms with E-state index in [1.807, 2.05) is 0 Å². The standard InChI is InChI=1S/C12H16FN3O3S/c13-9-4-3-5-10(12(9)14)20(18,19)15-8-11(17)16-6-1-2-7-16/h3-5,15H,1-2,6-8,14H2. The number of anilines is 1. The fourth-order valence-corrected chi connectivity index (χ4v) is 3.18. The monoisotopic (exact) mass is 301 g/mol. The molecule has 6 nitrogen and oxygen atoms in total. The Bertz CT molecular complexity index is 612. The second kappa shape index (κ2) is 5.76. The number of carbonyl (C=O) groups is 1. The third-order valence-corrected chi connectivity index (χ3v) is 4.63. The van der Waals surface area contributed by atoms with Crippen molar-refractivity contribution in [1.29, 1.82) is 0 Å². The molecule has 8 heteroatoms. The molecule has 0 spiro atoms. The number of nitrogen functional groups attached to an aromatic ring is 1. The zero-order valence-corrected chi connectivity index (χ0v) is 11.6. The van der Waals surface area contributed by atoms with E-state index in [0.29, 0.717) is 13.1 Å². The first-order valence-corrected chi connectivity index (χ1v) is 7.71. The van der Waals surface area contributed by atoms with E-state index in [9.17, 15) is 17.6 Å². The molecule has 1 aromatic rings. The number of halogens is 1. The van der Waals surface area contributed by atoms with Crippen LogP contribution in [0.2, 0.25) is 0 Å². The molecule has 0 aliphatic carbocycles. The summed E-state index contributed by atoms with van der Waals surface area (Å²) in [7, 11) is -4.00. The van der Waals surface area contributed by atoms with Crippen LogP contribution in [0.4, 0.5) is 10.1 Å². The third kappa shape index (κ3) is 3.07. The predicted octanol–water partition coefficient (Wildman–Crippen LogP) is 0.309. The molecule has 0 saturated carbocycles. The summed E-state index contributed by atoms with van der Waals surface area (Å²) in [4.78, 5) is 13.0. The summed E-state index contributed by atoms with van der Waals surface area (Å²) in [5.74, 6) is -1.10. The number of sulfonamides is 1. The van der Waals surface area contributed by atoms with E-state index in [4.69, 9.17) is 5.73 Å². The summed E-state index contributed by atoms with van der Waals surface area (Å²) < 4.78 is 39.4. The molecule has 1 aliphatic heterocycles. The minimum atomic E-state index is -4.00. The Morgan fingerprint density at radius 2 is 2.00 bits per heavy atom. The Morgan fingerprint density at radius 1 is 1.35 bits per heavy atom. The molecular weight excluding hydrogens is 285 g/mol. The number of hydrogen-bond donors (Lipinski definition) is 2. The normalized spacial score (nSPS) is 15.6. The zero-order chi connectivity index (χ0) is 14.8. The van der Waals surface area contributed by atoms with Gasteiger partial charge in [0.1, 0.15) is 10.7 Å². The molecule has 0 atom stereocenters. The number of carbonyl (C=O) groups excluding carboxylic acids is 1. The molecule has 1 aliphatic rings. The lowest BCUT2D eigenvalue weighted by molar-refractivity contribution is -0.128. The van der Waals surface area contributed by atoms with Crippen molar-refractivity contribution in [3.05, 3.63) is 24.0 Å². The topological polar surface area (TPSA) is 92.5 Å². The highest BCUT2D eigenvalue weighted by molar-refractivity contribution is 7.89. The number of nitrogens with one attached hydrogen (secondary N) is 1. The van der Waals surface area contributed by atoms with Crippen molar-refractivity contribution in [2.75, 3.05) is 25.4 Å². The van der Waals surface area contributed by atoms with Gasteiger partial charge in [-0.15, -0.1) is 0 Å². The van der Waals surface area contributed by atoms with Gasteiger partial charge in [-0.2, -0.15) is 0 Å². The first-order valence-electron chi connectivity index (χ1n) is 6.23. The molecule has 1 amide bonds. The number of likely N-dealkylation sites (tertiary alicyclic amines) is 1. The summed E-state index contributed by atoms with van der Waals surface area (Å²) >= 11 is 0. The molecule has 1 heterocycles. The van der Waals surface area contributed by atoms with Crippen molar-refractivity contribution in [3.8, 4) is 0 Å². The fourth-order valence-electron chi connectivity index (χ4n) is 2.06. The van der Waals surface area contributed by atoms with Gasteiger partial charge in [0.05, 0.1) is 12.2 Å². The van der Waals surface area contributed by atoms with Gasteiger partial charge in [-0.1, -0.05) is 6.07 Å². The minimum Gasteiger partial charge on any atom is -0.395 e. The Balaban J connectivity index is 2.07. The molecule has 3 N–H and O–H groups in total. The average molecular weight is 301 g/mol. The van der Waals surface area contributed by atoms with Crippen molar-refractivity contribution in [3.63, 3.8) is 0 Å². The molecule has 0 unspecified atom stereocenters. The van der Waals surface area contributed by atoms with Crippen LogP contribution in [0.15, 0.2) is 23.1 Å². The largest absolute Gasteiger partial charge is 0.395 e. The summed E-state index contributed by atoms with van der Waals surface area (Å²) in [6.45, 7) is 0.934. The first kappa shape index (κ1) is 14.7. The number of nitrogens with two attached hydrogens (primary N) is 1. The number of amides is 1. The summed E-state index contributed by atoms with van der Waals surface area (Å²) in [6.07, 6.45) is 1.85. The molecule has 2 rings (SSSR count). The Kier molecular flexibility index (Phi) is 4.24. The second-order valence-corrected chi connectivity index (χ2v) is 6.30. The van der Waals surface area contributed by atoms with Crippen LogP contribution in [0.25, 0.3) is 0 Å². The number of nitrogens with zero attached hydrogens (tertiary/aromatic N) is 1. The smallest absolute Gasteiger partial charge is 0.243 e. The maximum atomic E-state index is 13.3. The molecule has 0 radical (unpaired) electrons. The van der Waals surface area contributed by atoms with Gasteiger partial charge in [-0.05, 0) is 25.0 Å². The first-order chi connectivity index (χ1) is 9.42. The van der Waals surface area contributed by atoms with Gasteiger partial charge in [0, 0.05) is 13.1 Å². The summed E-state index contributed by atoms with van der Waals surface area (Å²) in [5, 5.41) is 0. The van der Waals surface area contributed by atoms with Gasteiger partial charge in [0.2, 0.25) is 15.9 Å². The van der Waals surface area contributed by atoms with E-state index in [-0.39, 0.29) is 17.3 Å². The van der Waals surface area contributed by atoms with E-state index < -0.39 is 21.5 Å². The highest BCUT2D eigenvalue weighted by Gasteiger charge is 2.23. The van der Waals surface area contributed by atoms with Crippen LogP contribution in [0.5, 0.6) is 0 Å². The van der Waals surface area contributed by atoms with Gasteiger partial charge in [-0.25, -0.2) is 17.5 Å². The number of para-hydroxylation sites is 1. The molecule has 0 aromatic heterocycles. The van der Waals surface area contributed by atoms with Crippen LogP contribution in [0, 0.1) is 5.82 Å². The second-order valence-electron chi connectivity index (χ2n) is 4.56. The SMILES string of the molecule is Nc1c(F)cccc1S(=O)(=O)NCC(=O)N1CCCC1. The van der Waals surface area contributed by atoms with Crippen LogP contribution < -0.4 is 10.5 Å². The average Bonchev–Trinajstić information content (AvgIpc) is 2.93. The quantitative estimate of drug-likeness (QED) is 0.783. The Labute approximate surface area is 116 Å². The van der Waals surface area contributed by atoms with Gasteiger partial charge < -0.3 is 10.6 Å². The fraction of sp³-hybridized carbons (Fsp3) is 0.417. The number of rotatable bonds is 4. The van der Waals surface area contributed by atoms with Crippen LogP contribution in [-0.4, -0.2) is 38.9 Å². The van der Waals surface area contributed by atoms with Crippen LogP contribution >= 0.6 is 0 Å². The summed E-state index contributed by atoms with van der Waals surface area (Å²) in [5.41, 5.74) is 4.96. The van der Waals surface area contributed by atoms with Crippen molar-refractivity contribution >= 4 is 21.6 Å². The van der Waals surface area contributed by atoms with E-state index in [0.717, 1.165) is 18.9 Å². The van der Waals surface area contributed by atoms with Crippen LogP contribution in [-0.2, 0) is 14.8 Å². The van der Waals surface area contributed by atoms with Gasteiger partial charge >= 0.3 is 0 Å². The maximum absolute atomic E-state index is 13.3. The zero-order valence-electron chi connectivity index (χ0n) is 10.8. The molecule has 0 bridgehead atoms. The predicted molar refractivity (Wildman–Crippen MR) is 71.8 cm³/mol. The lowest BCUT2D eigenvalue weighted by atomic mass is 10.3. The van der Waals surface area contributed by atoms with Crippen molar-refractivity contribution in [2.45, 2.75) is 17.7 Å². The third-order valence-electron chi connectivity index (χ3n) is 3.17. The van der Waals surface area contributed by atoms with E-state index in [1.54, 1.807) is 4.90 Å². The van der Waals surface area contributed by atoms with Gasteiger partial charge in [-0.3, -0.25) is 4.79 Å². The molecular formula is C12H16FN3O3S. The van der Waals surface area contributed by atoms with E-state index in [1.165, 1.54) is 12.1 Å². The van der Waals surface area contributed by atoms with Gasteiger partial charge in [0.25, 0.3) is 0 Å². The number of benzene rings is 1. The Hall–Kier alpha value is -1.67. The van der Waals surface area contributed by atoms with Crippen molar-refractivity contribution in [2.24, 2.45) is 0 Å². The molecule has 1 aromatic carbocycles. The molecule has 110 valence electrons. The maximum Gasteiger partial charge on any atom is 0.243 e. The van der Waals surface area contributed by atoms with Crippen LogP contribution in [0.3, 0.4) is 0 Å². The summed E-state index contributed by atoms with van der Waals surface area (Å²) in [6, 6.07) is 3.52. The lowest BCUT2D eigenvalue weighted by Crippen LogP contribution is -2.38. The van der Waals surface area contributed by atoms with Crippen molar-refractivity contribution < 1.29 is 17.6 Å². The van der Waals surface area contributed by atoms with E-state index >= 15 is 0 Å². The highest BCUT2D eigenvalue weighted by atomic mass is 32.2. The van der Waals surface area contributed by atoms with E-state index in [2.05, 4.69) is 4.72 Å². The molecule has 1 fully saturated rings. The van der Waals surface area contributed by atoms with Crippen molar-refractivity contribution in [1.82, 2.24) is 9.62 Å². The molecule has 20 heavy (non-hydrogen) atoms. The minimum absolute atomic E-state index is 0.291. The van der Waals surface area contributed by atoms with Crippen LogP contribution in [0.1, 0.15) is 12.8 Å². The lowest BCUT2D eigenvalue weighted by Gasteiger charge is -2.16. The highest BCUT2D eigenvalue weighted by Crippen LogP contribution is 2.20. The molecule has 1 saturated heterocycles. The number of hydrogen-bond acceptors (Lipinski definition) is 4. The van der Waals surface area contributed by atoms with Gasteiger partial charge in [0.15, 0.2) is 0 Å².